The minimum Gasteiger partial charge on any atom is -0.466 e. The number of nitrogens with one attached hydrogen (secondary N) is 2. The molecule has 234 valence electrons. The number of nitro groups is 1. The Morgan fingerprint density at radius 2 is 1.30 bits per heavy atom. The molecule has 0 bridgehead atoms. The third-order valence-corrected chi connectivity index (χ3v) is 7.07. The van der Waals surface area contributed by atoms with Crippen molar-refractivity contribution in [1.82, 2.24) is 10.7 Å². The fraction of sp³-hybridized carbons (Fsp3) is 0.900. The number of esters is 1. The third-order valence-electron chi connectivity index (χ3n) is 7.07. The topological polar surface area (TPSA) is 149 Å². The maximum Gasteiger partial charge on any atom is 0.306 e. The number of carbonyl (C=O) groups is 2. The second-order valence-electron chi connectivity index (χ2n) is 10.8. The number of aliphatic imine (C=N–C) groups is 1. The van der Waals surface area contributed by atoms with Crippen LogP contribution < -0.4 is 16.5 Å². The highest BCUT2D eigenvalue weighted by Gasteiger charge is 2.22. The molecule has 1 atom stereocenters. The van der Waals surface area contributed by atoms with Gasteiger partial charge in [0.1, 0.15) is 0 Å². The molecule has 40 heavy (non-hydrogen) atoms. The summed E-state index contributed by atoms with van der Waals surface area (Å²) in [5.74, 6) is -1.33. The number of nitrogens with two attached hydrogens (primary N) is 1. The van der Waals surface area contributed by atoms with E-state index in [4.69, 9.17) is 10.5 Å². The average Bonchev–Trinajstić information content (AvgIpc) is 2.91. The molecule has 0 saturated carbocycles. The lowest BCUT2D eigenvalue weighted by molar-refractivity contribution is -0.525. The Bertz CT molecular complexity index is 675. The molecule has 0 saturated heterocycles. The molecule has 10 nitrogen and oxygen atoms in total. The van der Waals surface area contributed by atoms with Crippen LogP contribution in [0.3, 0.4) is 0 Å². The van der Waals surface area contributed by atoms with E-state index in [1.165, 1.54) is 70.6 Å². The van der Waals surface area contributed by atoms with Crippen LogP contribution in [-0.4, -0.2) is 42.6 Å². The van der Waals surface area contributed by atoms with E-state index in [2.05, 4.69) is 24.2 Å². The van der Waals surface area contributed by atoms with E-state index in [-0.39, 0.29) is 30.8 Å². The van der Waals surface area contributed by atoms with Crippen LogP contribution in [0.4, 0.5) is 0 Å². The molecule has 0 aliphatic heterocycles. The quantitative estimate of drug-likeness (QED) is 0.0240. The normalized spacial score (nSPS) is 12.2. The van der Waals surface area contributed by atoms with Gasteiger partial charge < -0.3 is 15.8 Å². The van der Waals surface area contributed by atoms with Crippen molar-refractivity contribution in [1.29, 1.82) is 0 Å². The van der Waals surface area contributed by atoms with Gasteiger partial charge in [0.2, 0.25) is 5.91 Å². The summed E-state index contributed by atoms with van der Waals surface area (Å²) in [6.45, 7) is 5.58. The minimum absolute atomic E-state index is 0.0196. The molecule has 10 heteroatoms. The number of guanidine groups is 1. The van der Waals surface area contributed by atoms with Gasteiger partial charge in [-0.2, -0.15) is 0 Å². The van der Waals surface area contributed by atoms with Gasteiger partial charge in [-0.3, -0.25) is 9.59 Å². The Kier molecular flexibility index (Phi) is 26.5. The van der Waals surface area contributed by atoms with Crippen LogP contribution in [0.15, 0.2) is 4.99 Å². The number of hydrogen-bond acceptors (Lipinski definition) is 6. The van der Waals surface area contributed by atoms with Gasteiger partial charge in [0.25, 0.3) is 5.96 Å². The first-order chi connectivity index (χ1) is 19.4. The average molecular weight is 570 g/mol. The summed E-state index contributed by atoms with van der Waals surface area (Å²) < 4.78 is 5.42. The predicted molar refractivity (Wildman–Crippen MR) is 162 cm³/mol. The fourth-order valence-corrected chi connectivity index (χ4v) is 4.64. The van der Waals surface area contributed by atoms with Gasteiger partial charge in [-0.05, 0) is 25.7 Å². The molecule has 0 aliphatic rings. The van der Waals surface area contributed by atoms with Gasteiger partial charge in [-0.1, -0.05) is 122 Å². The molecule has 0 aliphatic carbocycles. The molecule has 0 fully saturated rings. The highest BCUT2D eigenvalue weighted by molar-refractivity contribution is 5.83. The van der Waals surface area contributed by atoms with Gasteiger partial charge in [0.15, 0.2) is 5.03 Å². The van der Waals surface area contributed by atoms with E-state index in [9.17, 15) is 19.7 Å². The first-order valence-corrected chi connectivity index (χ1v) is 16.0. The smallest absolute Gasteiger partial charge is 0.306 e. The van der Waals surface area contributed by atoms with Crippen molar-refractivity contribution < 1.29 is 19.4 Å². The van der Waals surface area contributed by atoms with Gasteiger partial charge >= 0.3 is 5.97 Å². The van der Waals surface area contributed by atoms with Crippen molar-refractivity contribution in [3.63, 3.8) is 0 Å². The Balaban J connectivity index is 4.12. The van der Waals surface area contributed by atoms with Crippen LogP contribution in [0.5, 0.6) is 0 Å². The number of carbonyl (C=O) groups excluding carboxylic acids is 2. The van der Waals surface area contributed by atoms with Crippen molar-refractivity contribution in [2.24, 2.45) is 16.6 Å². The van der Waals surface area contributed by atoms with Crippen LogP contribution >= 0.6 is 0 Å². The van der Waals surface area contributed by atoms with E-state index < -0.39 is 11.0 Å². The summed E-state index contributed by atoms with van der Waals surface area (Å²) >= 11 is 0. The van der Waals surface area contributed by atoms with Crippen LogP contribution in [0, 0.1) is 16.0 Å². The molecule has 0 heterocycles. The number of hydrogen-bond donors (Lipinski definition) is 3. The summed E-state index contributed by atoms with van der Waals surface area (Å²) in [7, 11) is 0. The Morgan fingerprint density at radius 3 is 1.82 bits per heavy atom. The maximum absolute atomic E-state index is 12.7. The monoisotopic (exact) mass is 569 g/mol. The number of hydrazine groups is 1. The lowest BCUT2D eigenvalue weighted by Crippen LogP contribution is -2.36. The highest BCUT2D eigenvalue weighted by atomic mass is 16.7. The van der Waals surface area contributed by atoms with E-state index in [0.29, 0.717) is 26.0 Å². The van der Waals surface area contributed by atoms with Crippen molar-refractivity contribution in [2.45, 2.75) is 149 Å². The van der Waals surface area contributed by atoms with Crippen LogP contribution in [-0.2, 0) is 14.3 Å². The predicted octanol–water partition coefficient (Wildman–Crippen LogP) is 6.59. The lowest BCUT2D eigenvalue weighted by atomic mass is 9.98. The van der Waals surface area contributed by atoms with E-state index in [0.717, 1.165) is 44.9 Å². The first kappa shape index (κ1) is 37.6. The van der Waals surface area contributed by atoms with Crippen molar-refractivity contribution in [3.8, 4) is 0 Å². The molecular formula is C30H59N5O5. The molecule has 0 spiro atoms. The van der Waals surface area contributed by atoms with Crippen LogP contribution in [0.1, 0.15) is 149 Å². The van der Waals surface area contributed by atoms with Crippen molar-refractivity contribution in [2.75, 3.05) is 19.7 Å². The van der Waals surface area contributed by atoms with Crippen LogP contribution in [0.2, 0.25) is 0 Å². The summed E-state index contributed by atoms with van der Waals surface area (Å²) in [4.78, 5) is 39.4. The summed E-state index contributed by atoms with van der Waals surface area (Å²) in [5, 5.41) is 12.6. The molecule has 0 aromatic heterocycles. The molecular weight excluding hydrogens is 510 g/mol. The minimum atomic E-state index is -0.776. The number of ether oxygens (including phenoxy) is 1. The Labute approximate surface area is 243 Å². The number of nitrogens with zero attached hydrogens (tertiary/aromatic N) is 2. The standard InChI is InChI=1S/C30H59N5O5/c1-3-5-7-9-10-11-12-13-14-15-16-17-18-20-25-40-28(36)26-27(29(37)32-23-19-8-6-4-2)22-21-24-33-30(31)34-35(38)39/h27H,3-26H2,1-2H3,(H,32,37)(H3,31,33,34)/t27-/m1/s1. The molecule has 0 radical (unpaired) electrons. The molecule has 0 aromatic carbocycles. The fourth-order valence-electron chi connectivity index (χ4n) is 4.64. The second-order valence-corrected chi connectivity index (χ2v) is 10.8. The van der Waals surface area contributed by atoms with Crippen molar-refractivity contribution in [3.05, 3.63) is 10.1 Å². The first-order valence-electron chi connectivity index (χ1n) is 16.0. The SMILES string of the molecule is CCCCCCCCCCCCCCCCOC(=O)C[C@@H](CCCN=C(N)N[N+](=O)[O-])C(=O)NCCCCCC. The zero-order chi connectivity index (χ0) is 29.7. The zero-order valence-electron chi connectivity index (χ0n) is 25.6. The van der Waals surface area contributed by atoms with Gasteiger partial charge in [-0.25, -0.2) is 15.1 Å². The van der Waals surface area contributed by atoms with E-state index in [1.807, 2.05) is 0 Å². The summed E-state index contributed by atoms with van der Waals surface area (Å²) in [6.07, 6.45) is 22.9. The largest absolute Gasteiger partial charge is 0.466 e. The molecule has 4 N–H and O–H groups in total. The summed E-state index contributed by atoms with van der Waals surface area (Å²) in [5.41, 5.74) is 7.22. The number of rotatable bonds is 28. The lowest BCUT2D eigenvalue weighted by Gasteiger charge is -2.16. The zero-order valence-corrected chi connectivity index (χ0v) is 25.6. The molecule has 1 amide bonds. The Morgan fingerprint density at radius 1 is 0.800 bits per heavy atom. The van der Waals surface area contributed by atoms with E-state index >= 15 is 0 Å². The third kappa shape index (κ3) is 25.9. The van der Waals surface area contributed by atoms with Gasteiger partial charge in [0, 0.05) is 19.0 Å². The summed E-state index contributed by atoms with van der Waals surface area (Å²) in [6, 6.07) is 0. The molecule has 0 rings (SSSR count). The maximum atomic E-state index is 12.7. The Hall–Kier alpha value is -2.39. The number of amides is 1. The second kappa shape index (κ2) is 28.1. The van der Waals surface area contributed by atoms with E-state index in [1.54, 1.807) is 5.43 Å². The highest BCUT2D eigenvalue weighted by Crippen LogP contribution is 2.15. The van der Waals surface area contributed by atoms with Crippen LogP contribution in [0.25, 0.3) is 0 Å². The number of unbranched alkanes of at least 4 members (excludes halogenated alkanes) is 16. The van der Waals surface area contributed by atoms with Crippen molar-refractivity contribution >= 4 is 17.8 Å². The molecule has 0 unspecified atom stereocenters. The molecule has 0 aromatic rings. The van der Waals surface area contributed by atoms with Gasteiger partial charge in [0.05, 0.1) is 13.0 Å². The van der Waals surface area contributed by atoms with Gasteiger partial charge in [-0.15, -0.1) is 0 Å².